The van der Waals surface area contributed by atoms with Gasteiger partial charge in [0, 0.05) is 49.7 Å². The van der Waals surface area contributed by atoms with Crippen molar-refractivity contribution in [1.29, 1.82) is 0 Å². The van der Waals surface area contributed by atoms with E-state index in [-0.39, 0.29) is 5.91 Å². The Morgan fingerprint density at radius 1 is 1.25 bits per heavy atom. The van der Waals surface area contributed by atoms with Crippen LogP contribution in [-0.4, -0.2) is 66.6 Å². The first-order valence-electron chi connectivity index (χ1n) is 8.17. The molecule has 1 atom stereocenters. The monoisotopic (exact) mass is 347 g/mol. The zero-order chi connectivity index (χ0) is 17.1. The fourth-order valence-electron chi connectivity index (χ4n) is 3.08. The van der Waals surface area contributed by atoms with Crippen LogP contribution in [0.5, 0.6) is 0 Å². The number of fused-ring (bicyclic) bond motifs is 1. The van der Waals surface area contributed by atoms with E-state index in [1.54, 1.807) is 19.2 Å². The van der Waals surface area contributed by atoms with Crippen molar-refractivity contribution in [3.8, 4) is 0 Å². The Morgan fingerprint density at radius 2 is 1.96 bits per heavy atom. The van der Waals surface area contributed by atoms with Crippen LogP contribution in [0.1, 0.15) is 17.4 Å². The van der Waals surface area contributed by atoms with Crippen LogP contribution in [0.15, 0.2) is 30.3 Å². The average molecular weight is 348 g/mol. The Labute approximate surface area is 147 Å². The molecule has 1 amide bonds. The minimum atomic E-state index is -0.0177. The third-order valence-corrected chi connectivity index (χ3v) is 4.74. The summed E-state index contributed by atoms with van der Waals surface area (Å²) in [5, 5.41) is 1.61. The predicted octanol–water partition coefficient (Wildman–Crippen LogP) is 2.68. The molecule has 6 heteroatoms. The van der Waals surface area contributed by atoms with Crippen LogP contribution in [0.2, 0.25) is 5.02 Å². The van der Waals surface area contributed by atoms with Crippen molar-refractivity contribution in [3.05, 3.63) is 41.0 Å². The zero-order valence-corrected chi connectivity index (χ0v) is 14.8. The Morgan fingerprint density at radius 3 is 2.67 bits per heavy atom. The number of carbonyl (C=O) groups excluding carboxylic acids is 1. The molecule has 1 aliphatic heterocycles. The third-order valence-electron chi connectivity index (χ3n) is 4.51. The van der Waals surface area contributed by atoms with Crippen molar-refractivity contribution in [3.63, 3.8) is 0 Å². The summed E-state index contributed by atoms with van der Waals surface area (Å²) >= 11 is 6.02. The molecule has 0 saturated carbocycles. The molecule has 5 nitrogen and oxygen atoms in total. The second-order valence-corrected chi connectivity index (χ2v) is 6.60. The van der Waals surface area contributed by atoms with Gasteiger partial charge in [-0.3, -0.25) is 9.69 Å². The third kappa shape index (κ3) is 3.69. The second-order valence-electron chi connectivity index (χ2n) is 6.17. The fourth-order valence-corrected chi connectivity index (χ4v) is 3.25. The van der Waals surface area contributed by atoms with Crippen molar-refractivity contribution in [2.45, 2.75) is 13.0 Å². The smallest absolute Gasteiger partial charge is 0.272 e. The summed E-state index contributed by atoms with van der Waals surface area (Å²) in [5.74, 6) is -0.0177. The number of carbonyl (C=O) groups is 1. The van der Waals surface area contributed by atoms with Gasteiger partial charge in [-0.25, -0.2) is 4.98 Å². The van der Waals surface area contributed by atoms with Gasteiger partial charge in [-0.1, -0.05) is 23.7 Å². The number of benzene rings is 1. The minimum absolute atomic E-state index is 0.0177. The van der Waals surface area contributed by atoms with Gasteiger partial charge in [-0.05, 0) is 25.1 Å². The summed E-state index contributed by atoms with van der Waals surface area (Å²) in [6, 6.07) is 9.61. The number of rotatable bonds is 4. The Bertz CT molecular complexity index is 729. The fraction of sp³-hybridized carbons (Fsp3) is 0.444. The van der Waals surface area contributed by atoms with Gasteiger partial charge in [-0.2, -0.15) is 0 Å². The van der Waals surface area contributed by atoms with E-state index in [4.69, 9.17) is 16.3 Å². The van der Waals surface area contributed by atoms with Crippen molar-refractivity contribution in [2.75, 3.05) is 39.9 Å². The van der Waals surface area contributed by atoms with Gasteiger partial charge in [-0.15, -0.1) is 0 Å². The van der Waals surface area contributed by atoms with Gasteiger partial charge in [0.25, 0.3) is 5.91 Å². The average Bonchev–Trinajstić information content (AvgIpc) is 2.60. The van der Waals surface area contributed by atoms with Crippen molar-refractivity contribution < 1.29 is 9.53 Å². The van der Waals surface area contributed by atoms with Crippen LogP contribution in [0.4, 0.5) is 0 Å². The molecule has 0 radical (unpaired) electrons. The van der Waals surface area contributed by atoms with Gasteiger partial charge in [0.2, 0.25) is 0 Å². The van der Waals surface area contributed by atoms with E-state index >= 15 is 0 Å². The van der Waals surface area contributed by atoms with Gasteiger partial charge >= 0.3 is 0 Å². The maximum absolute atomic E-state index is 12.7. The van der Waals surface area contributed by atoms with Gasteiger partial charge in [0.15, 0.2) is 0 Å². The molecule has 1 saturated heterocycles. The molecule has 1 unspecified atom stereocenters. The number of aromatic nitrogens is 1. The summed E-state index contributed by atoms with van der Waals surface area (Å²) < 4.78 is 5.21. The number of hydrogen-bond acceptors (Lipinski definition) is 4. The molecule has 0 bridgehead atoms. The molecule has 2 heterocycles. The van der Waals surface area contributed by atoms with Crippen LogP contribution in [0.3, 0.4) is 0 Å². The molecular formula is C18H22ClN3O2. The maximum atomic E-state index is 12.7. The van der Waals surface area contributed by atoms with E-state index in [1.807, 2.05) is 23.1 Å². The standard InChI is InChI=1S/C18H22ClN3O2/c1-13(12-24-2)21-7-9-22(10-8-21)18(23)16-6-4-14-3-5-15(19)11-17(14)20-16/h3-6,11,13H,7-10,12H2,1-2H3. The number of methoxy groups -OCH3 is 1. The second kappa shape index (κ2) is 7.47. The molecular weight excluding hydrogens is 326 g/mol. The molecule has 0 N–H and O–H groups in total. The lowest BCUT2D eigenvalue weighted by Gasteiger charge is -2.37. The Kier molecular flexibility index (Phi) is 5.33. The number of pyridine rings is 1. The molecule has 3 rings (SSSR count). The van der Waals surface area contributed by atoms with Crippen LogP contribution < -0.4 is 0 Å². The highest BCUT2D eigenvalue weighted by Gasteiger charge is 2.25. The largest absolute Gasteiger partial charge is 0.383 e. The van der Waals surface area contributed by atoms with Crippen LogP contribution >= 0.6 is 11.6 Å². The van der Waals surface area contributed by atoms with E-state index < -0.39 is 0 Å². The van der Waals surface area contributed by atoms with Crippen molar-refractivity contribution in [2.24, 2.45) is 0 Å². The molecule has 0 spiro atoms. The Hall–Kier alpha value is -1.69. The van der Waals surface area contributed by atoms with E-state index in [0.29, 0.717) is 36.5 Å². The zero-order valence-electron chi connectivity index (χ0n) is 14.0. The lowest BCUT2D eigenvalue weighted by atomic mass is 10.2. The molecule has 1 fully saturated rings. The summed E-state index contributed by atoms with van der Waals surface area (Å²) in [5.41, 5.74) is 1.23. The lowest BCUT2D eigenvalue weighted by Crippen LogP contribution is -2.52. The number of piperazine rings is 1. The summed E-state index contributed by atoms with van der Waals surface area (Å²) in [4.78, 5) is 21.4. The summed E-state index contributed by atoms with van der Waals surface area (Å²) in [7, 11) is 1.72. The van der Waals surface area contributed by atoms with Gasteiger partial charge < -0.3 is 9.64 Å². The lowest BCUT2D eigenvalue weighted by molar-refractivity contribution is 0.0445. The first kappa shape index (κ1) is 17.1. The maximum Gasteiger partial charge on any atom is 0.272 e. The van der Waals surface area contributed by atoms with Gasteiger partial charge in [0.1, 0.15) is 5.69 Å². The minimum Gasteiger partial charge on any atom is -0.383 e. The van der Waals surface area contributed by atoms with E-state index in [9.17, 15) is 4.79 Å². The topological polar surface area (TPSA) is 45.7 Å². The number of halogens is 1. The molecule has 128 valence electrons. The number of amides is 1. The molecule has 1 aromatic carbocycles. The first-order chi connectivity index (χ1) is 11.6. The Balaban J connectivity index is 1.69. The number of hydrogen-bond donors (Lipinski definition) is 0. The first-order valence-corrected chi connectivity index (χ1v) is 8.55. The van der Waals surface area contributed by atoms with Crippen molar-refractivity contribution in [1.82, 2.24) is 14.8 Å². The molecule has 2 aromatic rings. The molecule has 1 aliphatic rings. The highest BCUT2D eigenvalue weighted by molar-refractivity contribution is 6.31. The molecule has 1 aromatic heterocycles. The van der Waals surface area contributed by atoms with E-state index in [1.165, 1.54) is 0 Å². The van der Waals surface area contributed by atoms with E-state index in [0.717, 1.165) is 24.0 Å². The highest BCUT2D eigenvalue weighted by Crippen LogP contribution is 2.19. The van der Waals surface area contributed by atoms with E-state index in [2.05, 4.69) is 16.8 Å². The number of ether oxygens (including phenoxy) is 1. The summed E-state index contributed by atoms with van der Waals surface area (Å²) in [6.45, 7) is 5.99. The molecule has 0 aliphatic carbocycles. The van der Waals surface area contributed by atoms with Crippen LogP contribution in [0.25, 0.3) is 10.9 Å². The number of nitrogens with zero attached hydrogens (tertiary/aromatic N) is 3. The normalized spacial score (nSPS) is 17.2. The quantitative estimate of drug-likeness (QED) is 0.853. The van der Waals surface area contributed by atoms with Crippen LogP contribution in [0, 0.1) is 0 Å². The summed E-state index contributed by atoms with van der Waals surface area (Å²) in [6.07, 6.45) is 0. The predicted molar refractivity (Wildman–Crippen MR) is 95.6 cm³/mol. The molecule has 24 heavy (non-hydrogen) atoms. The van der Waals surface area contributed by atoms with Gasteiger partial charge in [0.05, 0.1) is 12.1 Å². The van der Waals surface area contributed by atoms with Crippen LogP contribution in [-0.2, 0) is 4.74 Å². The van der Waals surface area contributed by atoms with Crippen molar-refractivity contribution >= 4 is 28.4 Å². The highest BCUT2D eigenvalue weighted by atomic mass is 35.5. The SMILES string of the molecule is COCC(C)N1CCN(C(=O)c2ccc3ccc(Cl)cc3n2)CC1.